The number of H-pyrrole nitrogens is 1. The average Bonchev–Trinajstić information content (AvgIpc) is 3.45. The van der Waals surface area contributed by atoms with Crippen molar-refractivity contribution >= 4 is 34.8 Å². The van der Waals surface area contributed by atoms with Crippen LogP contribution in [0.25, 0.3) is 17.2 Å². The number of nitrogens with two attached hydrogens (primary N) is 1. The fraction of sp³-hybridized carbons (Fsp3) is 0.120. The summed E-state index contributed by atoms with van der Waals surface area (Å²) in [6.45, 7) is 1.63. The highest BCUT2D eigenvalue weighted by Gasteiger charge is 2.48. The first-order valence-corrected chi connectivity index (χ1v) is 11.6. The Kier molecular flexibility index (Phi) is 5.06. The van der Waals surface area contributed by atoms with Crippen LogP contribution < -0.4 is 16.5 Å². The fourth-order valence-electron chi connectivity index (χ4n) is 4.54. The number of amides is 1. The van der Waals surface area contributed by atoms with Crippen molar-refractivity contribution in [3.8, 4) is 11.5 Å². The van der Waals surface area contributed by atoms with Crippen molar-refractivity contribution in [2.45, 2.75) is 18.8 Å². The molecule has 0 bridgehead atoms. The lowest BCUT2D eigenvalue weighted by molar-refractivity contribution is -0.119. The number of nitrogen functional groups attached to an aromatic ring is 1. The van der Waals surface area contributed by atoms with Crippen LogP contribution in [0.3, 0.4) is 0 Å². The zero-order valence-corrected chi connectivity index (χ0v) is 20.0. The van der Waals surface area contributed by atoms with Crippen molar-refractivity contribution < 1.29 is 9.18 Å². The predicted octanol–water partition coefficient (Wildman–Crippen LogP) is 3.10. The van der Waals surface area contributed by atoms with Crippen LogP contribution in [0.2, 0.25) is 5.02 Å². The van der Waals surface area contributed by atoms with E-state index in [4.69, 9.17) is 22.3 Å². The van der Waals surface area contributed by atoms with Gasteiger partial charge in [-0.05, 0) is 24.6 Å². The Labute approximate surface area is 213 Å². The Morgan fingerprint density at radius 3 is 2.70 bits per heavy atom. The number of carbonyl (C=O) groups is 1. The minimum atomic E-state index is -1.34. The Bertz CT molecular complexity index is 1780. The fourth-order valence-corrected chi connectivity index (χ4v) is 4.65. The molecule has 10 nitrogen and oxygen atoms in total. The van der Waals surface area contributed by atoms with Crippen LogP contribution in [0.4, 0.5) is 16.0 Å². The molecule has 6 rings (SSSR count). The van der Waals surface area contributed by atoms with Crippen molar-refractivity contribution in [1.82, 2.24) is 29.3 Å². The Morgan fingerprint density at radius 1 is 1.16 bits per heavy atom. The summed E-state index contributed by atoms with van der Waals surface area (Å²) in [7, 11) is 0. The Morgan fingerprint density at radius 2 is 1.95 bits per heavy atom. The summed E-state index contributed by atoms with van der Waals surface area (Å²) >= 11 is 5.87. The molecular weight excluding hydrogens is 499 g/mol. The number of anilines is 2. The second kappa shape index (κ2) is 8.20. The van der Waals surface area contributed by atoms with Crippen LogP contribution >= 0.6 is 11.6 Å². The van der Waals surface area contributed by atoms with Gasteiger partial charge in [0.15, 0.2) is 16.9 Å². The van der Waals surface area contributed by atoms with Gasteiger partial charge in [-0.3, -0.25) is 9.59 Å². The zero-order valence-electron chi connectivity index (χ0n) is 19.3. The summed E-state index contributed by atoms with van der Waals surface area (Å²) < 4.78 is 15.2. The van der Waals surface area contributed by atoms with Crippen molar-refractivity contribution in [3.63, 3.8) is 0 Å². The van der Waals surface area contributed by atoms with Crippen LogP contribution in [0.5, 0.6) is 0 Å². The molecule has 0 radical (unpaired) electrons. The number of aromatic nitrogens is 6. The van der Waals surface area contributed by atoms with Gasteiger partial charge in [0, 0.05) is 43.0 Å². The lowest BCUT2D eigenvalue weighted by Crippen LogP contribution is -2.34. The third kappa shape index (κ3) is 3.62. The van der Waals surface area contributed by atoms with E-state index in [1.807, 2.05) is 0 Å². The third-order valence-corrected chi connectivity index (χ3v) is 6.78. The normalized spacial score (nSPS) is 16.7. The van der Waals surface area contributed by atoms with Gasteiger partial charge in [0.25, 0.3) is 0 Å². The predicted molar refractivity (Wildman–Crippen MR) is 135 cm³/mol. The van der Waals surface area contributed by atoms with E-state index in [9.17, 15) is 14.0 Å². The Balaban J connectivity index is 1.46. The van der Waals surface area contributed by atoms with Gasteiger partial charge in [-0.15, -0.1) is 0 Å². The summed E-state index contributed by atoms with van der Waals surface area (Å²) in [6.07, 6.45) is 6.85. The lowest BCUT2D eigenvalue weighted by Gasteiger charge is -2.22. The summed E-state index contributed by atoms with van der Waals surface area (Å²) in [5, 5.41) is 2.76. The van der Waals surface area contributed by atoms with Gasteiger partial charge >= 0.3 is 0 Å². The number of halogens is 2. The van der Waals surface area contributed by atoms with E-state index in [1.54, 1.807) is 42.0 Å². The smallest absolute Gasteiger partial charge is 0.242 e. The maximum absolute atomic E-state index is 13.4. The minimum Gasteiger partial charge on any atom is -0.383 e. The number of fused-ring (bicyclic) bond motifs is 2. The molecule has 37 heavy (non-hydrogen) atoms. The number of rotatable bonds is 4. The molecule has 0 saturated heterocycles. The van der Waals surface area contributed by atoms with Gasteiger partial charge in [0.05, 0.1) is 11.3 Å². The molecular formula is C25H18ClFN8O2. The molecule has 0 unspecified atom stereocenters. The lowest BCUT2D eigenvalue weighted by atomic mass is 9.81. The number of carbonyl (C=O) groups excluding carboxylic acids is 1. The van der Waals surface area contributed by atoms with Crippen LogP contribution in [0.1, 0.15) is 29.4 Å². The number of hydrogen-bond acceptors (Lipinski definition) is 7. The highest BCUT2D eigenvalue weighted by molar-refractivity contribution is 6.30. The molecule has 0 aliphatic carbocycles. The maximum Gasteiger partial charge on any atom is 0.242 e. The van der Waals surface area contributed by atoms with Crippen LogP contribution in [0.15, 0.2) is 59.9 Å². The van der Waals surface area contributed by atoms with Crippen LogP contribution in [-0.4, -0.2) is 35.2 Å². The van der Waals surface area contributed by atoms with Crippen molar-refractivity contribution in [3.05, 3.63) is 98.7 Å². The van der Waals surface area contributed by atoms with Gasteiger partial charge in [-0.1, -0.05) is 23.7 Å². The first-order valence-electron chi connectivity index (χ1n) is 11.2. The molecule has 1 aliphatic rings. The van der Waals surface area contributed by atoms with Gasteiger partial charge in [0.2, 0.25) is 5.91 Å². The molecule has 4 aromatic heterocycles. The molecule has 1 aromatic carbocycles. The van der Waals surface area contributed by atoms with E-state index >= 15 is 0 Å². The second-order valence-electron chi connectivity index (χ2n) is 8.83. The van der Waals surface area contributed by atoms with E-state index in [-0.39, 0.29) is 28.3 Å². The zero-order chi connectivity index (χ0) is 25.9. The molecule has 1 aliphatic heterocycles. The molecule has 184 valence electrons. The summed E-state index contributed by atoms with van der Waals surface area (Å²) in [4.78, 5) is 46.3. The maximum atomic E-state index is 13.4. The van der Waals surface area contributed by atoms with Gasteiger partial charge in [-0.2, -0.15) is 0 Å². The SMILES string of the molecule is C[C@]1(c2cc(=O)c(Cl)c[nH]2)C(=O)Nc2nc(-c3cn4ccnc4c(Cc4ccc(F)cc4)n3)nc(N)c21. The monoisotopic (exact) mass is 516 g/mol. The highest BCUT2D eigenvalue weighted by Crippen LogP contribution is 2.44. The van der Waals surface area contributed by atoms with E-state index < -0.39 is 16.8 Å². The van der Waals surface area contributed by atoms with Crippen molar-refractivity contribution in [2.24, 2.45) is 0 Å². The Hall–Kier alpha value is -4.64. The van der Waals surface area contributed by atoms with Gasteiger partial charge < -0.3 is 20.4 Å². The summed E-state index contributed by atoms with van der Waals surface area (Å²) in [5.74, 6) is -0.271. The number of nitrogens with one attached hydrogen (secondary N) is 2. The number of imidazole rings is 1. The summed E-state index contributed by atoms with van der Waals surface area (Å²) in [5.41, 5.74) is 7.78. The van der Waals surface area contributed by atoms with E-state index in [1.165, 1.54) is 24.4 Å². The van der Waals surface area contributed by atoms with E-state index in [0.717, 1.165) is 5.56 Å². The molecule has 12 heteroatoms. The molecule has 0 fully saturated rings. The minimum absolute atomic E-state index is 0.00274. The first kappa shape index (κ1) is 22.8. The third-order valence-electron chi connectivity index (χ3n) is 6.48. The highest BCUT2D eigenvalue weighted by atomic mass is 35.5. The standard InChI is InChI=1S/C25H18ClFN8O2/c1-25(18-9-17(36)14(26)10-30-18)19-20(28)32-21(33-22(19)34-24(25)37)16-11-35-7-6-29-23(35)15(31-16)8-12-2-4-13(27)5-3-12/h2-7,9-11H,8H2,1H3,(H,30,36)(H3,28,32,33,34,37)/t25-/m1/s1. The number of pyridine rings is 1. The average molecular weight is 517 g/mol. The molecule has 1 amide bonds. The molecule has 1 atom stereocenters. The quantitative estimate of drug-likeness (QED) is 0.333. The molecule has 5 aromatic rings. The number of benzene rings is 1. The number of nitrogens with zero attached hydrogens (tertiary/aromatic N) is 5. The van der Waals surface area contributed by atoms with Crippen molar-refractivity contribution in [2.75, 3.05) is 11.1 Å². The number of aromatic amines is 1. The summed E-state index contributed by atoms with van der Waals surface area (Å²) in [6, 6.07) is 7.41. The molecule has 0 spiro atoms. The molecule has 5 heterocycles. The topological polar surface area (TPSA) is 144 Å². The molecule has 4 N–H and O–H groups in total. The largest absolute Gasteiger partial charge is 0.383 e. The van der Waals surface area contributed by atoms with E-state index in [2.05, 4.69) is 25.3 Å². The van der Waals surface area contributed by atoms with Crippen LogP contribution in [0, 0.1) is 5.82 Å². The van der Waals surface area contributed by atoms with Gasteiger partial charge in [-0.25, -0.2) is 24.3 Å². The molecule has 0 saturated carbocycles. The second-order valence-corrected chi connectivity index (χ2v) is 9.24. The van der Waals surface area contributed by atoms with Gasteiger partial charge in [0.1, 0.15) is 33.6 Å². The number of hydrogen-bond donors (Lipinski definition) is 3. The first-order chi connectivity index (χ1) is 17.7. The van der Waals surface area contributed by atoms with E-state index in [0.29, 0.717) is 34.7 Å². The van der Waals surface area contributed by atoms with Crippen LogP contribution in [-0.2, 0) is 16.6 Å². The van der Waals surface area contributed by atoms with Crippen molar-refractivity contribution in [1.29, 1.82) is 0 Å².